The number of phenolic OH excluding ortho intramolecular Hbond substituents is 5. The molecule has 0 heterocycles. The van der Waals surface area contributed by atoms with Gasteiger partial charge in [0.15, 0.2) is 0 Å². The summed E-state index contributed by atoms with van der Waals surface area (Å²) < 4.78 is 17.3. The Morgan fingerprint density at radius 1 is 0.312 bits per heavy atom. The molecule has 0 amide bonds. The summed E-state index contributed by atoms with van der Waals surface area (Å²) in [6.07, 6.45) is 0. The maximum atomic E-state index is 9.69. The first-order valence-corrected chi connectivity index (χ1v) is 9.36. The van der Waals surface area contributed by atoms with Gasteiger partial charge >= 0.3 is 0 Å². The van der Waals surface area contributed by atoms with Gasteiger partial charge in [-0.1, -0.05) is 0 Å². The smallest absolute Gasteiger partial charge is 0.134 e. The van der Waals surface area contributed by atoms with Crippen molar-refractivity contribution in [2.75, 3.05) is 0 Å². The molecule has 162 valence electrons. The standard InChI is InChI=1S/C24H18O8/c25-14-1-3-19(4-2-14)30-22-11-23(31-20-7-15(26)5-16(27)8-20)13-24(12-22)32-21-9-17(28)6-18(29)10-21/h1-13,25-29H. The van der Waals surface area contributed by atoms with E-state index in [0.29, 0.717) is 11.5 Å². The molecule has 0 aliphatic rings. The fraction of sp³-hybridized carbons (Fsp3) is 0. The van der Waals surface area contributed by atoms with Crippen molar-refractivity contribution in [2.24, 2.45) is 0 Å². The number of hydrogen-bond acceptors (Lipinski definition) is 8. The Bertz CT molecular complexity index is 1140. The lowest BCUT2D eigenvalue weighted by Gasteiger charge is -2.13. The number of aromatic hydroxyl groups is 5. The highest BCUT2D eigenvalue weighted by Gasteiger charge is 2.10. The first-order valence-electron chi connectivity index (χ1n) is 9.36. The van der Waals surface area contributed by atoms with Crippen LogP contribution in [-0.4, -0.2) is 25.5 Å². The topological polar surface area (TPSA) is 129 Å². The second-order valence-electron chi connectivity index (χ2n) is 6.81. The van der Waals surface area contributed by atoms with Crippen LogP contribution in [0.15, 0.2) is 78.9 Å². The average Bonchev–Trinajstić information content (AvgIpc) is 2.68. The van der Waals surface area contributed by atoms with Crippen LogP contribution in [-0.2, 0) is 0 Å². The highest BCUT2D eigenvalue weighted by atomic mass is 16.5. The van der Waals surface area contributed by atoms with Crippen molar-refractivity contribution in [3.05, 3.63) is 78.9 Å². The first kappa shape index (κ1) is 20.5. The van der Waals surface area contributed by atoms with Crippen LogP contribution in [0.25, 0.3) is 0 Å². The van der Waals surface area contributed by atoms with E-state index in [1.54, 1.807) is 24.3 Å². The van der Waals surface area contributed by atoms with Crippen LogP contribution in [0.1, 0.15) is 0 Å². The third kappa shape index (κ3) is 5.25. The van der Waals surface area contributed by atoms with E-state index in [4.69, 9.17) is 14.2 Å². The van der Waals surface area contributed by atoms with Crippen LogP contribution in [0, 0.1) is 0 Å². The van der Waals surface area contributed by atoms with Crippen molar-refractivity contribution >= 4 is 0 Å². The van der Waals surface area contributed by atoms with Crippen molar-refractivity contribution in [3.8, 4) is 63.2 Å². The third-order valence-corrected chi connectivity index (χ3v) is 4.15. The van der Waals surface area contributed by atoms with Gasteiger partial charge in [0.2, 0.25) is 0 Å². The zero-order chi connectivity index (χ0) is 22.7. The van der Waals surface area contributed by atoms with E-state index < -0.39 is 0 Å². The normalized spacial score (nSPS) is 10.5. The summed E-state index contributed by atoms with van der Waals surface area (Å²) in [6.45, 7) is 0. The molecule has 0 aromatic heterocycles. The lowest BCUT2D eigenvalue weighted by molar-refractivity contribution is 0.419. The fourth-order valence-corrected chi connectivity index (χ4v) is 2.90. The molecule has 8 nitrogen and oxygen atoms in total. The molecule has 8 heteroatoms. The number of rotatable bonds is 6. The quantitative estimate of drug-likeness (QED) is 0.266. The molecule has 0 atom stereocenters. The summed E-state index contributed by atoms with van der Waals surface area (Å²) in [5.41, 5.74) is 0. The maximum absolute atomic E-state index is 9.69. The van der Waals surface area contributed by atoms with Crippen molar-refractivity contribution < 1.29 is 39.7 Å². The first-order chi connectivity index (χ1) is 15.3. The Morgan fingerprint density at radius 2 is 0.625 bits per heavy atom. The molecule has 0 saturated heterocycles. The maximum Gasteiger partial charge on any atom is 0.134 e. The highest BCUT2D eigenvalue weighted by Crippen LogP contribution is 2.38. The van der Waals surface area contributed by atoms with Gasteiger partial charge in [-0.25, -0.2) is 0 Å². The summed E-state index contributed by atoms with van der Waals surface area (Å²) in [5, 5.41) is 48.2. The van der Waals surface area contributed by atoms with Gasteiger partial charge in [-0.2, -0.15) is 0 Å². The minimum atomic E-state index is -0.178. The van der Waals surface area contributed by atoms with Gasteiger partial charge in [0, 0.05) is 54.6 Å². The predicted molar refractivity (Wildman–Crippen MR) is 114 cm³/mol. The van der Waals surface area contributed by atoms with Crippen LogP contribution in [0.4, 0.5) is 0 Å². The lowest BCUT2D eigenvalue weighted by Crippen LogP contribution is -1.91. The molecule has 5 N–H and O–H groups in total. The van der Waals surface area contributed by atoms with E-state index in [-0.39, 0.29) is 51.7 Å². The largest absolute Gasteiger partial charge is 0.508 e. The molecule has 32 heavy (non-hydrogen) atoms. The molecule has 0 unspecified atom stereocenters. The Labute approximate surface area is 182 Å². The van der Waals surface area contributed by atoms with Crippen LogP contribution in [0.3, 0.4) is 0 Å². The Kier molecular flexibility index (Phi) is 5.50. The van der Waals surface area contributed by atoms with Crippen LogP contribution < -0.4 is 14.2 Å². The number of phenols is 5. The fourth-order valence-electron chi connectivity index (χ4n) is 2.90. The van der Waals surface area contributed by atoms with Crippen LogP contribution in [0.5, 0.6) is 63.2 Å². The van der Waals surface area contributed by atoms with E-state index >= 15 is 0 Å². The van der Waals surface area contributed by atoms with E-state index in [1.165, 1.54) is 54.6 Å². The molecule has 0 bridgehead atoms. The SMILES string of the molecule is Oc1ccc(Oc2cc(Oc3cc(O)cc(O)c3)cc(Oc3cc(O)cc(O)c3)c2)cc1. The van der Waals surface area contributed by atoms with E-state index in [0.717, 1.165) is 0 Å². The van der Waals surface area contributed by atoms with E-state index in [9.17, 15) is 25.5 Å². The molecule has 0 radical (unpaired) electrons. The molecular weight excluding hydrogens is 416 g/mol. The molecular formula is C24H18O8. The monoisotopic (exact) mass is 434 g/mol. The van der Waals surface area contributed by atoms with Gasteiger partial charge in [-0.05, 0) is 24.3 Å². The van der Waals surface area contributed by atoms with E-state index in [2.05, 4.69) is 0 Å². The van der Waals surface area contributed by atoms with Gasteiger partial charge in [0.1, 0.15) is 63.2 Å². The molecule has 0 aliphatic heterocycles. The third-order valence-electron chi connectivity index (χ3n) is 4.15. The summed E-state index contributed by atoms with van der Waals surface area (Å²) in [4.78, 5) is 0. The van der Waals surface area contributed by atoms with Crippen LogP contribution in [0.2, 0.25) is 0 Å². The molecule has 0 spiro atoms. The summed E-state index contributed by atoms with van der Waals surface area (Å²) >= 11 is 0. The molecule has 0 fully saturated rings. The summed E-state index contributed by atoms with van der Waals surface area (Å²) in [5.74, 6) is 0.989. The van der Waals surface area contributed by atoms with Crippen molar-refractivity contribution in [1.29, 1.82) is 0 Å². The molecule has 4 aromatic carbocycles. The predicted octanol–water partition coefficient (Wildman–Crippen LogP) is 5.59. The molecule has 0 saturated carbocycles. The Hall–Kier alpha value is -4.72. The zero-order valence-electron chi connectivity index (χ0n) is 16.5. The van der Waals surface area contributed by atoms with Gasteiger partial charge in [-0.3, -0.25) is 0 Å². The van der Waals surface area contributed by atoms with Crippen LogP contribution >= 0.6 is 0 Å². The highest BCUT2D eigenvalue weighted by molar-refractivity contribution is 5.50. The van der Waals surface area contributed by atoms with E-state index in [1.807, 2.05) is 0 Å². The number of ether oxygens (including phenoxy) is 3. The molecule has 0 aliphatic carbocycles. The minimum Gasteiger partial charge on any atom is -0.508 e. The van der Waals surface area contributed by atoms with Gasteiger partial charge in [0.05, 0.1) is 0 Å². The van der Waals surface area contributed by atoms with Crippen molar-refractivity contribution in [3.63, 3.8) is 0 Å². The zero-order valence-corrected chi connectivity index (χ0v) is 16.5. The number of hydrogen-bond donors (Lipinski definition) is 5. The summed E-state index contributed by atoms with van der Waals surface area (Å²) in [6, 6.07) is 18.3. The molecule has 4 rings (SSSR count). The Morgan fingerprint density at radius 3 is 1.00 bits per heavy atom. The van der Waals surface area contributed by atoms with Gasteiger partial charge in [0.25, 0.3) is 0 Å². The van der Waals surface area contributed by atoms with Gasteiger partial charge in [-0.15, -0.1) is 0 Å². The lowest BCUT2D eigenvalue weighted by atomic mass is 10.2. The molecule has 4 aromatic rings. The second kappa shape index (κ2) is 8.57. The second-order valence-corrected chi connectivity index (χ2v) is 6.81. The average molecular weight is 434 g/mol. The minimum absolute atomic E-state index is 0.0887. The van der Waals surface area contributed by atoms with Crippen molar-refractivity contribution in [2.45, 2.75) is 0 Å². The Balaban J connectivity index is 1.68. The number of benzene rings is 4. The summed E-state index contributed by atoms with van der Waals surface area (Å²) in [7, 11) is 0. The van der Waals surface area contributed by atoms with Gasteiger partial charge < -0.3 is 39.7 Å². The van der Waals surface area contributed by atoms with Crippen molar-refractivity contribution in [1.82, 2.24) is 0 Å².